The Morgan fingerprint density at radius 3 is 2.47 bits per heavy atom. The summed E-state index contributed by atoms with van der Waals surface area (Å²) in [5.74, 6) is -1.18. The highest BCUT2D eigenvalue weighted by Gasteiger charge is 2.35. The molecule has 0 saturated carbocycles. The second-order valence-electron chi connectivity index (χ2n) is 4.42. The number of carboxylic acid groups (broad SMARTS) is 1. The number of hydrogen-bond acceptors (Lipinski definition) is 4. The van der Waals surface area contributed by atoms with E-state index in [1.807, 2.05) is 0 Å². The molecule has 114 valence electrons. The fourth-order valence-corrected chi connectivity index (χ4v) is 2.13. The second-order valence-corrected chi connectivity index (χ2v) is 4.42. The van der Waals surface area contributed by atoms with Crippen LogP contribution < -0.4 is 11.5 Å². The average Bonchev–Trinajstić information content (AvgIpc) is 2.77. The summed E-state index contributed by atoms with van der Waals surface area (Å²) in [5, 5.41) is 8.98. The SMILES string of the molecule is Cl.Cl.NCCCC[C@H](N)C(=O)N1CCC[C@H]1C(=O)O. The molecule has 1 amide bonds. The van der Waals surface area contributed by atoms with Gasteiger partial charge in [0.2, 0.25) is 5.91 Å². The van der Waals surface area contributed by atoms with Crippen LogP contribution in [0.5, 0.6) is 0 Å². The van der Waals surface area contributed by atoms with Gasteiger partial charge >= 0.3 is 5.97 Å². The smallest absolute Gasteiger partial charge is 0.326 e. The fraction of sp³-hybridized carbons (Fsp3) is 0.818. The molecule has 2 atom stereocenters. The van der Waals surface area contributed by atoms with Crippen LogP contribution in [-0.2, 0) is 9.59 Å². The summed E-state index contributed by atoms with van der Waals surface area (Å²) in [6.45, 7) is 1.09. The molecular formula is C11H23Cl2N3O3. The lowest BCUT2D eigenvalue weighted by Gasteiger charge is -2.24. The van der Waals surface area contributed by atoms with Gasteiger partial charge in [-0.2, -0.15) is 0 Å². The van der Waals surface area contributed by atoms with E-state index in [1.54, 1.807) is 0 Å². The van der Waals surface area contributed by atoms with Crippen molar-refractivity contribution in [1.29, 1.82) is 0 Å². The summed E-state index contributed by atoms with van der Waals surface area (Å²) < 4.78 is 0. The molecule has 6 nitrogen and oxygen atoms in total. The number of carboxylic acids is 1. The number of carbonyl (C=O) groups excluding carboxylic acids is 1. The minimum absolute atomic E-state index is 0. The van der Waals surface area contributed by atoms with Crippen LogP contribution in [0.4, 0.5) is 0 Å². The minimum Gasteiger partial charge on any atom is -0.480 e. The van der Waals surface area contributed by atoms with Gasteiger partial charge in [0.05, 0.1) is 6.04 Å². The lowest BCUT2D eigenvalue weighted by Crippen LogP contribution is -2.48. The first kappa shape index (κ1) is 20.8. The third-order valence-electron chi connectivity index (χ3n) is 3.11. The second kappa shape index (κ2) is 10.3. The Hall–Kier alpha value is -0.560. The largest absolute Gasteiger partial charge is 0.480 e. The van der Waals surface area contributed by atoms with Crippen molar-refractivity contribution in [2.45, 2.75) is 44.2 Å². The average molecular weight is 316 g/mol. The topological polar surface area (TPSA) is 110 Å². The number of nitrogens with zero attached hydrogens (tertiary/aromatic N) is 1. The van der Waals surface area contributed by atoms with Crippen molar-refractivity contribution in [3.8, 4) is 0 Å². The van der Waals surface area contributed by atoms with Gasteiger partial charge in [0.25, 0.3) is 0 Å². The fourth-order valence-electron chi connectivity index (χ4n) is 2.13. The third kappa shape index (κ3) is 5.95. The monoisotopic (exact) mass is 315 g/mol. The first-order valence-corrected chi connectivity index (χ1v) is 6.07. The summed E-state index contributed by atoms with van der Waals surface area (Å²) in [4.78, 5) is 24.3. The van der Waals surface area contributed by atoms with E-state index in [4.69, 9.17) is 16.6 Å². The van der Waals surface area contributed by atoms with Gasteiger partial charge in [-0.1, -0.05) is 6.42 Å². The molecule has 0 aromatic heterocycles. The van der Waals surface area contributed by atoms with Crippen LogP contribution in [0, 0.1) is 0 Å². The number of hydrogen-bond donors (Lipinski definition) is 3. The molecule has 0 unspecified atom stereocenters. The molecule has 1 saturated heterocycles. The zero-order valence-corrected chi connectivity index (χ0v) is 12.4. The van der Waals surface area contributed by atoms with E-state index in [2.05, 4.69) is 0 Å². The molecule has 1 fully saturated rings. The van der Waals surface area contributed by atoms with Gasteiger partial charge in [0.1, 0.15) is 6.04 Å². The number of carbonyl (C=O) groups is 2. The van der Waals surface area contributed by atoms with Crippen LogP contribution in [0.15, 0.2) is 0 Å². The van der Waals surface area contributed by atoms with Gasteiger partial charge in [-0.25, -0.2) is 4.79 Å². The molecule has 1 aliphatic rings. The van der Waals surface area contributed by atoms with Crippen molar-refractivity contribution in [3.05, 3.63) is 0 Å². The molecular weight excluding hydrogens is 293 g/mol. The van der Waals surface area contributed by atoms with Crippen LogP contribution in [0.1, 0.15) is 32.1 Å². The number of halogens is 2. The molecule has 0 radical (unpaired) electrons. The van der Waals surface area contributed by atoms with Crippen LogP contribution >= 0.6 is 24.8 Å². The Labute approximate surface area is 125 Å². The number of rotatable bonds is 6. The van der Waals surface area contributed by atoms with Crippen molar-refractivity contribution in [3.63, 3.8) is 0 Å². The number of nitrogens with two attached hydrogens (primary N) is 2. The maximum atomic E-state index is 12.0. The Kier molecular flexibility index (Phi) is 11.2. The van der Waals surface area contributed by atoms with E-state index in [9.17, 15) is 9.59 Å². The molecule has 0 aromatic rings. The molecule has 0 aromatic carbocycles. The van der Waals surface area contributed by atoms with E-state index < -0.39 is 18.1 Å². The van der Waals surface area contributed by atoms with Gasteiger partial charge in [0.15, 0.2) is 0 Å². The summed E-state index contributed by atoms with van der Waals surface area (Å²) >= 11 is 0. The lowest BCUT2D eigenvalue weighted by molar-refractivity contribution is -0.148. The Bertz CT molecular complexity index is 292. The standard InChI is InChI=1S/C11H21N3O3.2ClH/c12-6-2-1-4-8(13)10(15)14-7-3-5-9(14)11(16)17;;/h8-9H,1-7,12-13H2,(H,16,17);2*1H/t8-,9-;;/m0../s1. The van der Waals surface area contributed by atoms with Gasteiger partial charge in [-0.15, -0.1) is 24.8 Å². The Morgan fingerprint density at radius 1 is 1.32 bits per heavy atom. The molecule has 0 aliphatic carbocycles. The quantitative estimate of drug-likeness (QED) is 0.613. The number of aliphatic carboxylic acids is 1. The molecule has 0 bridgehead atoms. The maximum Gasteiger partial charge on any atom is 0.326 e. The predicted octanol–water partition coefficient (Wildman–Crippen LogP) is 0.362. The van der Waals surface area contributed by atoms with Gasteiger partial charge in [-0.05, 0) is 32.2 Å². The highest BCUT2D eigenvalue weighted by molar-refractivity contribution is 5.87. The van der Waals surface area contributed by atoms with Crippen molar-refractivity contribution < 1.29 is 14.7 Å². The van der Waals surface area contributed by atoms with Crippen molar-refractivity contribution >= 4 is 36.7 Å². The van der Waals surface area contributed by atoms with E-state index in [0.29, 0.717) is 25.9 Å². The molecule has 1 aliphatic heterocycles. The Balaban J connectivity index is 0. The van der Waals surface area contributed by atoms with Crippen LogP contribution in [-0.4, -0.2) is 47.1 Å². The predicted molar refractivity (Wildman–Crippen MR) is 77.7 cm³/mol. The van der Waals surface area contributed by atoms with Crippen molar-refractivity contribution in [1.82, 2.24) is 4.90 Å². The first-order chi connectivity index (χ1) is 8.07. The van der Waals surface area contributed by atoms with Crippen LogP contribution in [0.25, 0.3) is 0 Å². The zero-order chi connectivity index (χ0) is 12.8. The van der Waals surface area contributed by atoms with Gasteiger partial charge in [0, 0.05) is 6.54 Å². The van der Waals surface area contributed by atoms with E-state index >= 15 is 0 Å². The van der Waals surface area contributed by atoms with Gasteiger partial charge < -0.3 is 21.5 Å². The molecule has 5 N–H and O–H groups in total. The van der Waals surface area contributed by atoms with E-state index in [-0.39, 0.29) is 30.7 Å². The van der Waals surface area contributed by atoms with E-state index in [0.717, 1.165) is 19.3 Å². The normalized spacial score (nSPS) is 19.3. The third-order valence-corrected chi connectivity index (χ3v) is 3.11. The molecule has 0 spiro atoms. The number of unbranched alkanes of at least 4 members (excludes halogenated alkanes) is 1. The number of amides is 1. The molecule has 19 heavy (non-hydrogen) atoms. The van der Waals surface area contributed by atoms with Crippen molar-refractivity contribution in [2.24, 2.45) is 11.5 Å². The lowest BCUT2D eigenvalue weighted by atomic mass is 10.1. The Morgan fingerprint density at radius 2 is 1.95 bits per heavy atom. The molecule has 1 heterocycles. The summed E-state index contributed by atoms with van der Waals surface area (Å²) in [5.41, 5.74) is 11.1. The summed E-state index contributed by atoms with van der Waals surface area (Å²) in [6, 6.07) is -1.29. The zero-order valence-electron chi connectivity index (χ0n) is 10.8. The highest BCUT2D eigenvalue weighted by Crippen LogP contribution is 2.19. The van der Waals surface area contributed by atoms with Crippen molar-refractivity contribution in [2.75, 3.05) is 13.1 Å². The maximum absolute atomic E-state index is 12.0. The number of likely N-dealkylation sites (tertiary alicyclic amines) is 1. The minimum atomic E-state index is -0.940. The first-order valence-electron chi connectivity index (χ1n) is 6.07. The van der Waals surface area contributed by atoms with Gasteiger partial charge in [-0.3, -0.25) is 4.79 Å². The molecule has 8 heteroatoms. The van der Waals surface area contributed by atoms with Crippen LogP contribution in [0.2, 0.25) is 0 Å². The van der Waals surface area contributed by atoms with Crippen LogP contribution in [0.3, 0.4) is 0 Å². The molecule has 1 rings (SSSR count). The summed E-state index contributed by atoms with van der Waals surface area (Å²) in [7, 11) is 0. The highest BCUT2D eigenvalue weighted by atomic mass is 35.5. The van der Waals surface area contributed by atoms with E-state index in [1.165, 1.54) is 4.90 Å². The summed E-state index contributed by atoms with van der Waals surface area (Å²) in [6.07, 6.45) is 3.46.